The van der Waals surface area contributed by atoms with Gasteiger partial charge in [0.25, 0.3) is 0 Å². The van der Waals surface area contributed by atoms with Crippen LogP contribution in [0.4, 0.5) is 0 Å². The number of nitrogens with one attached hydrogen (secondary N) is 1. The summed E-state index contributed by atoms with van der Waals surface area (Å²) in [6, 6.07) is 0. The van der Waals surface area contributed by atoms with Crippen LogP contribution >= 0.6 is 9.03 Å². The molecular formula is C25H44N3O8P. The van der Waals surface area contributed by atoms with Gasteiger partial charge in [-0.15, -0.1) is 0 Å². The molecule has 1 rings (SSSR count). The molecule has 5 N–H and O–H groups in total. The Labute approximate surface area is 222 Å². The van der Waals surface area contributed by atoms with Crippen LogP contribution in [0, 0.1) is 5.92 Å². The summed E-state index contributed by atoms with van der Waals surface area (Å²) in [6.07, 6.45) is 11.4. The zero-order valence-corrected chi connectivity index (χ0v) is 23.3. The highest BCUT2D eigenvalue weighted by atomic mass is 31.1. The van der Waals surface area contributed by atoms with Gasteiger partial charge in [-0.1, -0.05) is 36.6 Å². The molecule has 0 spiro atoms. The Morgan fingerprint density at radius 3 is 2.54 bits per heavy atom. The first-order chi connectivity index (χ1) is 17.7. The molecule has 5 atom stereocenters. The Hall–Kier alpha value is -2.14. The Bertz CT molecular complexity index is 745. The van der Waals surface area contributed by atoms with E-state index in [1.54, 1.807) is 13.8 Å². The number of carbonyl (C=O) groups is 3. The third-order valence-corrected chi connectivity index (χ3v) is 5.45. The van der Waals surface area contributed by atoms with Crippen molar-refractivity contribution in [3.05, 3.63) is 36.1 Å². The van der Waals surface area contributed by atoms with E-state index < -0.39 is 24.3 Å². The van der Waals surface area contributed by atoms with E-state index in [1.807, 2.05) is 25.2 Å². The number of unbranched alkanes of at least 4 members (excludes halogenated alkanes) is 3. The highest BCUT2D eigenvalue weighted by Gasteiger charge is 2.26. The number of aliphatic hydroxyl groups is 1. The molecule has 0 aromatic rings. The van der Waals surface area contributed by atoms with Crippen molar-refractivity contribution in [2.24, 2.45) is 11.7 Å². The lowest BCUT2D eigenvalue weighted by molar-refractivity contribution is -0.162. The van der Waals surface area contributed by atoms with Crippen LogP contribution in [0.2, 0.25) is 0 Å². The van der Waals surface area contributed by atoms with Crippen molar-refractivity contribution in [1.29, 1.82) is 0 Å². The average molecular weight is 546 g/mol. The second kappa shape index (κ2) is 21.9. The zero-order chi connectivity index (χ0) is 28.1. The number of nitrogens with two attached hydrogens (primary N) is 1. The van der Waals surface area contributed by atoms with Crippen molar-refractivity contribution in [2.45, 2.75) is 71.3 Å². The Morgan fingerprint density at radius 1 is 1.30 bits per heavy atom. The number of aliphatic hydroxyl groups excluding tert-OH is 1. The molecular weight excluding hydrogens is 501 g/mol. The maximum atomic E-state index is 12.2. The van der Waals surface area contributed by atoms with Gasteiger partial charge < -0.3 is 35.0 Å². The van der Waals surface area contributed by atoms with Gasteiger partial charge in [0.05, 0.1) is 24.7 Å². The molecule has 0 aromatic carbocycles. The predicted octanol–water partition coefficient (Wildman–Crippen LogP) is 1.91. The Kier molecular flexibility index (Phi) is 20.6. The van der Waals surface area contributed by atoms with Crippen LogP contribution in [-0.4, -0.2) is 78.4 Å². The molecule has 1 aliphatic rings. The van der Waals surface area contributed by atoms with Crippen LogP contribution in [0.3, 0.4) is 0 Å². The monoisotopic (exact) mass is 545 g/mol. The second-order valence-corrected chi connectivity index (χ2v) is 9.11. The van der Waals surface area contributed by atoms with Crippen LogP contribution in [0.25, 0.3) is 0 Å². The number of primary amides is 1. The topological polar surface area (TPSA) is 161 Å². The van der Waals surface area contributed by atoms with Crippen LogP contribution in [0.15, 0.2) is 36.1 Å². The molecule has 212 valence electrons. The number of allylic oxidation sites excluding steroid dienone is 3. The standard InChI is InChI=1S/C24H39N3O6.CH5O2P/c1-18-9-8-10-21(15-18)23(31)26-12-6-4-5-7-14-32-20(3)24(33-19(2)16-28)27(17-29)13-11-22(25)30;1-3-4-2/h8-9,11,13,15,17,19-21,24,28H,4-7,10,12,14,16H2,1-3H3,(H2,25,30)(H,26,31);2,4H,1H3/b13-11-;. The van der Waals surface area contributed by atoms with Gasteiger partial charge in [0, 0.05) is 32.5 Å². The number of rotatable bonds is 18. The van der Waals surface area contributed by atoms with Crippen molar-refractivity contribution in [1.82, 2.24) is 10.2 Å². The van der Waals surface area contributed by atoms with Gasteiger partial charge in [0.15, 0.2) is 15.3 Å². The molecule has 0 aromatic heterocycles. The van der Waals surface area contributed by atoms with E-state index in [9.17, 15) is 19.5 Å². The maximum Gasteiger partial charge on any atom is 0.242 e. The van der Waals surface area contributed by atoms with E-state index in [2.05, 4.69) is 9.84 Å². The molecule has 0 heterocycles. The number of amides is 3. The largest absolute Gasteiger partial charge is 0.394 e. The molecule has 3 amide bonds. The first-order valence-electron chi connectivity index (χ1n) is 12.3. The summed E-state index contributed by atoms with van der Waals surface area (Å²) in [6.45, 7) is 6.31. The predicted molar refractivity (Wildman–Crippen MR) is 143 cm³/mol. The summed E-state index contributed by atoms with van der Waals surface area (Å²) in [7, 11) is 1.08. The molecule has 0 saturated carbocycles. The van der Waals surface area contributed by atoms with Crippen LogP contribution < -0.4 is 11.1 Å². The molecule has 1 aliphatic carbocycles. The van der Waals surface area contributed by atoms with E-state index in [4.69, 9.17) is 20.1 Å². The van der Waals surface area contributed by atoms with E-state index in [1.165, 1.54) is 13.3 Å². The summed E-state index contributed by atoms with van der Waals surface area (Å²) in [4.78, 5) is 43.5. The second-order valence-electron chi connectivity index (χ2n) is 8.52. The summed E-state index contributed by atoms with van der Waals surface area (Å²) in [5.41, 5.74) is 6.22. The number of nitrogens with zero attached hydrogens (tertiary/aromatic N) is 1. The summed E-state index contributed by atoms with van der Waals surface area (Å²) >= 11 is 0. The number of hydrogen-bond acceptors (Lipinski definition) is 8. The van der Waals surface area contributed by atoms with E-state index in [0.717, 1.165) is 48.7 Å². The van der Waals surface area contributed by atoms with Crippen LogP contribution in [-0.2, 0) is 28.4 Å². The highest BCUT2D eigenvalue weighted by molar-refractivity contribution is 7.24. The molecule has 0 aliphatic heterocycles. The third-order valence-electron chi connectivity index (χ3n) is 5.27. The third kappa shape index (κ3) is 17.1. The van der Waals surface area contributed by atoms with Crippen molar-refractivity contribution >= 4 is 27.3 Å². The van der Waals surface area contributed by atoms with E-state index in [-0.39, 0.29) is 27.5 Å². The van der Waals surface area contributed by atoms with Gasteiger partial charge in [0.2, 0.25) is 18.2 Å². The fraction of sp³-hybridized carbons (Fsp3) is 0.640. The first-order valence-corrected chi connectivity index (χ1v) is 13.2. The average Bonchev–Trinajstić information content (AvgIpc) is 2.89. The molecule has 37 heavy (non-hydrogen) atoms. The van der Waals surface area contributed by atoms with Gasteiger partial charge in [-0.3, -0.25) is 19.3 Å². The first kappa shape index (κ1) is 34.9. The molecule has 0 fully saturated rings. The van der Waals surface area contributed by atoms with Gasteiger partial charge in [0.1, 0.15) is 0 Å². The van der Waals surface area contributed by atoms with Crippen LogP contribution in [0.5, 0.6) is 0 Å². The minimum absolute atomic E-state index is 0.0719. The molecule has 5 unspecified atom stereocenters. The van der Waals surface area contributed by atoms with Crippen molar-refractivity contribution < 1.29 is 38.4 Å². The number of hydrogen-bond donors (Lipinski definition) is 4. The zero-order valence-electron chi connectivity index (χ0n) is 22.3. The van der Waals surface area contributed by atoms with Gasteiger partial charge >= 0.3 is 0 Å². The molecule has 11 nitrogen and oxygen atoms in total. The maximum absolute atomic E-state index is 12.2. The van der Waals surface area contributed by atoms with Crippen LogP contribution in [0.1, 0.15) is 52.9 Å². The number of ether oxygens (including phenoxy) is 2. The lowest BCUT2D eigenvalue weighted by Crippen LogP contribution is -2.44. The van der Waals surface area contributed by atoms with Gasteiger partial charge in [-0.05, 0) is 40.0 Å². The molecule has 0 bridgehead atoms. The molecule has 0 saturated heterocycles. The smallest absolute Gasteiger partial charge is 0.242 e. The van der Waals surface area contributed by atoms with E-state index in [0.29, 0.717) is 19.6 Å². The SMILES string of the molecule is CC1=CC(C(=O)NCCCCCCOC(C)C(OC(C)CO)N(C=O)/C=C\C(N)=O)CC=C1.COPO. The Balaban J connectivity index is 0.00000300. The highest BCUT2D eigenvalue weighted by Crippen LogP contribution is 2.16. The lowest BCUT2D eigenvalue weighted by Gasteiger charge is -2.32. The van der Waals surface area contributed by atoms with Gasteiger partial charge in [-0.25, -0.2) is 0 Å². The quantitative estimate of drug-likeness (QED) is 0.0668. The molecule has 12 heteroatoms. The lowest BCUT2D eigenvalue weighted by atomic mass is 9.96. The Morgan fingerprint density at radius 2 is 1.97 bits per heavy atom. The van der Waals surface area contributed by atoms with Gasteiger partial charge in [-0.2, -0.15) is 0 Å². The minimum Gasteiger partial charge on any atom is -0.394 e. The van der Waals surface area contributed by atoms with E-state index >= 15 is 0 Å². The summed E-state index contributed by atoms with van der Waals surface area (Å²) < 4.78 is 15.7. The summed E-state index contributed by atoms with van der Waals surface area (Å²) in [5, 5.41) is 12.3. The molecule has 0 radical (unpaired) electrons. The van der Waals surface area contributed by atoms with Crippen molar-refractivity contribution in [3.8, 4) is 0 Å². The normalized spacial score (nSPS) is 17.6. The van der Waals surface area contributed by atoms with Crippen molar-refractivity contribution in [3.63, 3.8) is 0 Å². The fourth-order valence-corrected chi connectivity index (χ4v) is 3.34. The van der Waals surface area contributed by atoms with Crippen molar-refractivity contribution in [2.75, 3.05) is 26.9 Å². The number of carbonyl (C=O) groups excluding carboxylic acids is 3. The summed E-state index contributed by atoms with van der Waals surface area (Å²) in [5.74, 6) is -0.691. The fourth-order valence-electron chi connectivity index (χ4n) is 3.34. The minimum atomic E-state index is -0.817.